The number of urea groups is 1. The molecule has 1 aromatic rings. The van der Waals surface area contributed by atoms with Crippen LogP contribution in [0, 0.1) is 5.92 Å². The van der Waals surface area contributed by atoms with Crippen molar-refractivity contribution in [2.75, 3.05) is 5.32 Å². The summed E-state index contributed by atoms with van der Waals surface area (Å²) < 4.78 is 0. The zero-order valence-corrected chi connectivity index (χ0v) is 13.0. The van der Waals surface area contributed by atoms with Gasteiger partial charge in [-0.3, -0.25) is 0 Å². The number of halogens is 2. The molecule has 0 aromatic heterocycles. The van der Waals surface area contributed by atoms with Crippen molar-refractivity contribution >= 4 is 40.9 Å². The van der Waals surface area contributed by atoms with Crippen LogP contribution >= 0.6 is 23.2 Å². The standard InChI is InChI=1S/C14H16Cl2N2O3/c1-7(8-3-2-4-8)17-14(21)18-12-10(13(19)20)5-9(15)6-11(12)16/h5-8H,2-4H2,1H3,(H,19,20)(H2,17,18,21). The van der Waals surface area contributed by atoms with Gasteiger partial charge in [0.25, 0.3) is 0 Å². The third-order valence-electron chi connectivity index (χ3n) is 3.74. The highest BCUT2D eigenvalue weighted by Crippen LogP contribution is 2.31. The number of hydrogen-bond donors (Lipinski definition) is 3. The lowest BCUT2D eigenvalue weighted by atomic mass is 9.80. The van der Waals surface area contributed by atoms with Crippen LogP contribution in [0.1, 0.15) is 36.5 Å². The summed E-state index contributed by atoms with van der Waals surface area (Å²) in [6.45, 7) is 1.94. The molecule has 0 spiro atoms. The third-order valence-corrected chi connectivity index (χ3v) is 4.26. The van der Waals surface area contributed by atoms with Gasteiger partial charge < -0.3 is 15.7 Å². The molecule has 0 heterocycles. The average Bonchev–Trinajstić information content (AvgIpc) is 2.29. The van der Waals surface area contributed by atoms with E-state index < -0.39 is 12.0 Å². The lowest BCUT2D eigenvalue weighted by Gasteiger charge is -2.31. The third kappa shape index (κ3) is 3.80. The van der Waals surface area contributed by atoms with E-state index in [1.165, 1.54) is 18.6 Å². The maximum Gasteiger partial charge on any atom is 0.337 e. The number of carbonyl (C=O) groups is 2. The Balaban J connectivity index is 2.11. The molecule has 3 N–H and O–H groups in total. The van der Waals surface area contributed by atoms with Gasteiger partial charge in [-0.1, -0.05) is 29.6 Å². The molecule has 0 saturated heterocycles. The first kappa shape index (κ1) is 15.9. The fraction of sp³-hybridized carbons (Fsp3) is 0.429. The summed E-state index contributed by atoms with van der Waals surface area (Å²) in [6.07, 6.45) is 3.39. The molecule has 21 heavy (non-hydrogen) atoms. The van der Waals surface area contributed by atoms with Crippen LogP contribution in [-0.2, 0) is 0 Å². The number of anilines is 1. The lowest BCUT2D eigenvalue weighted by molar-refractivity contribution is 0.0698. The highest BCUT2D eigenvalue weighted by molar-refractivity contribution is 6.37. The molecule has 0 radical (unpaired) electrons. The van der Waals surface area contributed by atoms with Crippen LogP contribution in [0.3, 0.4) is 0 Å². The molecule has 1 aliphatic carbocycles. The number of benzene rings is 1. The second kappa shape index (κ2) is 6.54. The number of carbonyl (C=O) groups excluding carboxylic acids is 1. The van der Waals surface area contributed by atoms with Crippen LogP contribution < -0.4 is 10.6 Å². The summed E-state index contributed by atoms with van der Waals surface area (Å²) in [7, 11) is 0. The van der Waals surface area contributed by atoms with Gasteiger partial charge in [0.2, 0.25) is 0 Å². The number of carboxylic acids is 1. The van der Waals surface area contributed by atoms with E-state index in [0.29, 0.717) is 5.92 Å². The Kier molecular flexibility index (Phi) is 4.96. The van der Waals surface area contributed by atoms with Crippen molar-refractivity contribution in [3.63, 3.8) is 0 Å². The van der Waals surface area contributed by atoms with Gasteiger partial charge in [-0.2, -0.15) is 0 Å². The summed E-state index contributed by atoms with van der Waals surface area (Å²) in [5.74, 6) is -0.725. The van der Waals surface area contributed by atoms with E-state index in [2.05, 4.69) is 10.6 Å². The van der Waals surface area contributed by atoms with Crippen LogP contribution in [0.2, 0.25) is 10.0 Å². The molecule has 1 fully saturated rings. The Labute approximate surface area is 132 Å². The number of carboxylic acid groups (broad SMARTS) is 1. The van der Waals surface area contributed by atoms with E-state index in [9.17, 15) is 9.59 Å². The van der Waals surface area contributed by atoms with E-state index in [4.69, 9.17) is 28.3 Å². The van der Waals surface area contributed by atoms with Crippen LogP contribution in [-0.4, -0.2) is 23.1 Å². The molecule has 2 amide bonds. The summed E-state index contributed by atoms with van der Waals surface area (Å²) in [5, 5.41) is 14.7. The molecule has 1 aliphatic rings. The first-order valence-electron chi connectivity index (χ1n) is 6.68. The highest BCUT2D eigenvalue weighted by atomic mass is 35.5. The zero-order valence-electron chi connectivity index (χ0n) is 11.5. The van der Waals surface area contributed by atoms with Gasteiger partial charge in [-0.05, 0) is 37.8 Å². The summed E-state index contributed by atoms with van der Waals surface area (Å²) in [4.78, 5) is 23.2. The number of nitrogens with one attached hydrogen (secondary N) is 2. The first-order valence-corrected chi connectivity index (χ1v) is 7.44. The van der Waals surface area contributed by atoms with Crippen LogP contribution in [0.25, 0.3) is 0 Å². The van der Waals surface area contributed by atoms with Gasteiger partial charge in [0.1, 0.15) is 0 Å². The molecule has 1 aromatic carbocycles. The Hall–Kier alpha value is -1.46. The fourth-order valence-electron chi connectivity index (χ4n) is 2.28. The highest BCUT2D eigenvalue weighted by Gasteiger charge is 2.25. The molecule has 0 aliphatic heterocycles. The van der Waals surface area contributed by atoms with Crippen molar-refractivity contribution in [1.82, 2.24) is 5.32 Å². The Morgan fingerprint density at radius 3 is 2.52 bits per heavy atom. The molecule has 5 nitrogen and oxygen atoms in total. The van der Waals surface area contributed by atoms with Crippen molar-refractivity contribution in [2.24, 2.45) is 5.92 Å². The molecule has 2 rings (SSSR count). The quantitative estimate of drug-likeness (QED) is 0.780. The van der Waals surface area contributed by atoms with Gasteiger partial charge in [0, 0.05) is 11.1 Å². The summed E-state index contributed by atoms with van der Waals surface area (Å²) in [5.41, 5.74) is -0.0918. The second-order valence-corrected chi connectivity index (χ2v) is 6.04. The predicted molar refractivity (Wildman–Crippen MR) is 82.4 cm³/mol. The van der Waals surface area contributed by atoms with Crippen molar-refractivity contribution in [1.29, 1.82) is 0 Å². The molecule has 1 unspecified atom stereocenters. The fourth-order valence-corrected chi connectivity index (χ4v) is 2.82. The Morgan fingerprint density at radius 1 is 1.33 bits per heavy atom. The normalized spacial score (nSPS) is 16.0. The van der Waals surface area contributed by atoms with Crippen LogP contribution in [0.5, 0.6) is 0 Å². The van der Waals surface area contributed by atoms with E-state index >= 15 is 0 Å². The summed E-state index contributed by atoms with van der Waals surface area (Å²) in [6, 6.07) is 2.21. The number of aromatic carboxylic acids is 1. The maximum absolute atomic E-state index is 12.0. The summed E-state index contributed by atoms with van der Waals surface area (Å²) >= 11 is 11.7. The van der Waals surface area contributed by atoms with Crippen molar-refractivity contribution in [3.05, 3.63) is 27.7 Å². The molecule has 0 bridgehead atoms. The van der Waals surface area contributed by atoms with E-state index in [1.54, 1.807) is 0 Å². The SMILES string of the molecule is CC(NC(=O)Nc1c(Cl)cc(Cl)cc1C(=O)O)C1CCC1. The second-order valence-electron chi connectivity index (χ2n) is 5.19. The molecule has 114 valence electrons. The number of rotatable bonds is 4. The zero-order chi connectivity index (χ0) is 15.6. The minimum atomic E-state index is -1.21. The molecule has 7 heteroatoms. The lowest BCUT2D eigenvalue weighted by Crippen LogP contribution is -2.42. The largest absolute Gasteiger partial charge is 0.478 e. The van der Waals surface area contributed by atoms with Crippen LogP contribution in [0.4, 0.5) is 10.5 Å². The van der Waals surface area contributed by atoms with Gasteiger partial charge in [0.05, 0.1) is 16.3 Å². The van der Waals surface area contributed by atoms with Gasteiger partial charge in [0.15, 0.2) is 0 Å². The average molecular weight is 331 g/mol. The maximum atomic E-state index is 12.0. The van der Waals surface area contributed by atoms with Crippen LogP contribution in [0.15, 0.2) is 12.1 Å². The number of amides is 2. The molecule has 1 saturated carbocycles. The Bertz CT molecular complexity index is 574. The van der Waals surface area contributed by atoms with Gasteiger partial charge >= 0.3 is 12.0 Å². The Morgan fingerprint density at radius 2 is 2.00 bits per heavy atom. The van der Waals surface area contributed by atoms with Gasteiger partial charge in [-0.25, -0.2) is 9.59 Å². The van der Waals surface area contributed by atoms with E-state index in [0.717, 1.165) is 12.8 Å². The predicted octanol–water partition coefficient (Wildman–Crippen LogP) is 4.00. The monoisotopic (exact) mass is 330 g/mol. The number of hydrogen-bond acceptors (Lipinski definition) is 2. The smallest absolute Gasteiger partial charge is 0.337 e. The first-order chi connectivity index (χ1) is 9.88. The van der Waals surface area contributed by atoms with E-state index in [-0.39, 0.29) is 27.3 Å². The van der Waals surface area contributed by atoms with Crippen molar-refractivity contribution in [2.45, 2.75) is 32.2 Å². The van der Waals surface area contributed by atoms with Gasteiger partial charge in [-0.15, -0.1) is 0 Å². The topological polar surface area (TPSA) is 78.4 Å². The van der Waals surface area contributed by atoms with Crippen molar-refractivity contribution < 1.29 is 14.7 Å². The molecular weight excluding hydrogens is 315 g/mol. The molecular formula is C14H16Cl2N2O3. The molecule has 1 atom stereocenters. The minimum Gasteiger partial charge on any atom is -0.478 e. The minimum absolute atomic E-state index is 0.0399. The van der Waals surface area contributed by atoms with Crippen molar-refractivity contribution in [3.8, 4) is 0 Å². The van der Waals surface area contributed by atoms with E-state index in [1.807, 2.05) is 6.92 Å².